The summed E-state index contributed by atoms with van der Waals surface area (Å²) in [5.74, 6) is 0.633. The molecule has 92 valence electrons. The molecule has 1 aromatic carbocycles. The fourth-order valence-electron chi connectivity index (χ4n) is 1.69. The first kappa shape index (κ1) is 12.0. The van der Waals surface area contributed by atoms with Crippen molar-refractivity contribution >= 4 is 18.0 Å². The molecule has 0 aliphatic carbocycles. The van der Waals surface area contributed by atoms with Crippen LogP contribution in [0.5, 0.6) is 0 Å². The number of nitro groups is 1. The first-order valence-corrected chi connectivity index (χ1v) is 5.50. The standard InChI is InChI=1S/C13H13N3O2/c1-10-14-12(13(15(10)2)16(17)18)9-8-11-6-4-3-5-7-11/h3-9H,1-2H3/b9-8+. The molecule has 1 aromatic heterocycles. The lowest BCUT2D eigenvalue weighted by Crippen LogP contribution is -1.99. The number of imidazole rings is 1. The molecule has 0 aliphatic rings. The minimum atomic E-state index is -0.412. The number of benzene rings is 1. The Morgan fingerprint density at radius 3 is 2.56 bits per heavy atom. The molecule has 0 amide bonds. The van der Waals surface area contributed by atoms with Crippen molar-refractivity contribution in [3.8, 4) is 0 Å². The van der Waals surface area contributed by atoms with Crippen LogP contribution in [0.2, 0.25) is 0 Å². The molecule has 0 atom stereocenters. The van der Waals surface area contributed by atoms with Crippen molar-refractivity contribution in [3.63, 3.8) is 0 Å². The first-order valence-electron chi connectivity index (χ1n) is 5.50. The van der Waals surface area contributed by atoms with E-state index in [4.69, 9.17) is 0 Å². The van der Waals surface area contributed by atoms with Gasteiger partial charge in [-0.1, -0.05) is 36.4 Å². The third-order valence-corrected chi connectivity index (χ3v) is 2.72. The smallest absolute Gasteiger partial charge is 0.350 e. The summed E-state index contributed by atoms with van der Waals surface area (Å²) in [6, 6.07) is 9.61. The highest BCUT2D eigenvalue weighted by Crippen LogP contribution is 2.21. The van der Waals surface area contributed by atoms with Crippen LogP contribution >= 0.6 is 0 Å². The SMILES string of the molecule is Cc1nc(/C=C/c2ccccc2)c([N+](=O)[O-])n1C. The Hall–Kier alpha value is -2.43. The molecule has 1 heterocycles. The van der Waals surface area contributed by atoms with Gasteiger partial charge in [0.15, 0.2) is 11.5 Å². The summed E-state index contributed by atoms with van der Waals surface area (Å²) in [7, 11) is 1.64. The van der Waals surface area contributed by atoms with Gasteiger partial charge in [0.05, 0.1) is 7.05 Å². The minimum absolute atomic E-state index is 0.0136. The van der Waals surface area contributed by atoms with E-state index in [1.54, 1.807) is 20.0 Å². The molecular formula is C13H13N3O2. The van der Waals surface area contributed by atoms with Crippen molar-refractivity contribution in [3.05, 3.63) is 57.5 Å². The molecular weight excluding hydrogens is 230 g/mol. The first-order chi connectivity index (χ1) is 8.59. The Morgan fingerprint density at radius 1 is 1.28 bits per heavy atom. The van der Waals surface area contributed by atoms with Gasteiger partial charge in [-0.15, -0.1) is 0 Å². The van der Waals surface area contributed by atoms with E-state index < -0.39 is 4.92 Å². The van der Waals surface area contributed by atoms with E-state index in [1.807, 2.05) is 36.4 Å². The van der Waals surface area contributed by atoms with Crippen molar-refractivity contribution in [1.82, 2.24) is 9.55 Å². The molecule has 0 unspecified atom stereocenters. The average molecular weight is 243 g/mol. The Bertz CT molecular complexity index is 600. The van der Waals surface area contributed by atoms with E-state index in [9.17, 15) is 10.1 Å². The fourth-order valence-corrected chi connectivity index (χ4v) is 1.69. The summed E-state index contributed by atoms with van der Waals surface area (Å²) in [5.41, 5.74) is 1.36. The Balaban J connectivity index is 2.38. The molecule has 0 radical (unpaired) electrons. The van der Waals surface area contributed by atoms with Gasteiger partial charge in [0.25, 0.3) is 0 Å². The van der Waals surface area contributed by atoms with Crippen LogP contribution in [0.25, 0.3) is 12.2 Å². The summed E-state index contributed by atoms with van der Waals surface area (Å²) in [6.07, 6.45) is 3.48. The summed E-state index contributed by atoms with van der Waals surface area (Å²) >= 11 is 0. The van der Waals surface area contributed by atoms with Gasteiger partial charge < -0.3 is 10.1 Å². The Labute approximate surface area is 105 Å². The molecule has 0 saturated heterocycles. The second-order valence-corrected chi connectivity index (χ2v) is 3.93. The van der Waals surface area contributed by atoms with Crippen LogP contribution in [0.3, 0.4) is 0 Å². The quantitative estimate of drug-likeness (QED) is 0.615. The van der Waals surface area contributed by atoms with Gasteiger partial charge in [0, 0.05) is 6.92 Å². The van der Waals surface area contributed by atoms with Gasteiger partial charge in [-0.25, -0.2) is 9.55 Å². The Morgan fingerprint density at radius 2 is 1.94 bits per heavy atom. The molecule has 0 spiro atoms. The molecule has 5 nitrogen and oxygen atoms in total. The lowest BCUT2D eigenvalue weighted by molar-refractivity contribution is -0.392. The third-order valence-electron chi connectivity index (χ3n) is 2.72. The summed E-state index contributed by atoms with van der Waals surface area (Å²) < 4.78 is 1.48. The van der Waals surface area contributed by atoms with Crippen LogP contribution in [0, 0.1) is 17.0 Å². The minimum Gasteiger partial charge on any atom is -0.358 e. The molecule has 2 rings (SSSR count). The van der Waals surface area contributed by atoms with Crippen LogP contribution in [0.4, 0.5) is 5.82 Å². The summed E-state index contributed by atoms with van der Waals surface area (Å²) in [5, 5.41) is 11.0. The van der Waals surface area contributed by atoms with E-state index in [2.05, 4.69) is 4.98 Å². The molecule has 2 aromatic rings. The molecule has 0 N–H and O–H groups in total. The highest BCUT2D eigenvalue weighted by atomic mass is 16.6. The molecule has 0 aliphatic heterocycles. The van der Waals surface area contributed by atoms with E-state index in [1.165, 1.54) is 4.57 Å². The van der Waals surface area contributed by atoms with Crippen LogP contribution in [-0.2, 0) is 7.05 Å². The van der Waals surface area contributed by atoms with Crippen molar-refractivity contribution in [1.29, 1.82) is 0 Å². The maximum absolute atomic E-state index is 11.0. The zero-order valence-electron chi connectivity index (χ0n) is 10.2. The number of aromatic nitrogens is 2. The second-order valence-electron chi connectivity index (χ2n) is 3.93. The maximum atomic E-state index is 11.0. The highest BCUT2D eigenvalue weighted by molar-refractivity contribution is 5.71. The van der Waals surface area contributed by atoms with Crippen LogP contribution in [0.15, 0.2) is 30.3 Å². The topological polar surface area (TPSA) is 61.0 Å². The van der Waals surface area contributed by atoms with Crippen molar-refractivity contribution in [2.75, 3.05) is 0 Å². The predicted octanol–water partition coefficient (Wildman–Crippen LogP) is 2.81. The summed E-state index contributed by atoms with van der Waals surface area (Å²) in [4.78, 5) is 14.7. The molecule has 0 fully saturated rings. The van der Waals surface area contributed by atoms with Crippen molar-refractivity contribution in [2.24, 2.45) is 7.05 Å². The van der Waals surface area contributed by atoms with E-state index in [0.717, 1.165) is 5.56 Å². The molecule has 0 bridgehead atoms. The lowest BCUT2D eigenvalue weighted by atomic mass is 10.2. The summed E-state index contributed by atoms with van der Waals surface area (Å²) in [6.45, 7) is 1.74. The zero-order chi connectivity index (χ0) is 13.1. The number of hydrogen-bond acceptors (Lipinski definition) is 3. The lowest BCUT2D eigenvalue weighted by Gasteiger charge is -1.95. The molecule has 5 heteroatoms. The monoisotopic (exact) mass is 243 g/mol. The number of rotatable bonds is 3. The van der Waals surface area contributed by atoms with Gasteiger partial charge in [0.1, 0.15) is 0 Å². The molecule has 18 heavy (non-hydrogen) atoms. The number of hydrogen-bond donors (Lipinski definition) is 0. The largest absolute Gasteiger partial charge is 0.358 e. The van der Waals surface area contributed by atoms with Gasteiger partial charge in [-0.05, 0) is 16.6 Å². The van der Waals surface area contributed by atoms with Gasteiger partial charge in [0.2, 0.25) is 0 Å². The van der Waals surface area contributed by atoms with Gasteiger partial charge >= 0.3 is 5.82 Å². The molecule has 0 saturated carbocycles. The maximum Gasteiger partial charge on any atom is 0.350 e. The Kier molecular flexibility index (Phi) is 3.23. The second kappa shape index (κ2) is 4.83. The average Bonchev–Trinajstić information content (AvgIpc) is 2.64. The van der Waals surface area contributed by atoms with Crippen molar-refractivity contribution in [2.45, 2.75) is 6.92 Å². The van der Waals surface area contributed by atoms with E-state index in [-0.39, 0.29) is 5.82 Å². The van der Waals surface area contributed by atoms with Crippen molar-refractivity contribution < 1.29 is 4.92 Å². The highest BCUT2D eigenvalue weighted by Gasteiger charge is 2.20. The van der Waals surface area contributed by atoms with E-state index >= 15 is 0 Å². The number of aryl methyl sites for hydroxylation is 1. The van der Waals surface area contributed by atoms with Gasteiger partial charge in [-0.3, -0.25) is 0 Å². The third kappa shape index (κ3) is 2.29. The predicted molar refractivity (Wildman–Crippen MR) is 70.0 cm³/mol. The number of nitrogens with zero attached hydrogens (tertiary/aromatic N) is 3. The zero-order valence-corrected chi connectivity index (χ0v) is 10.2. The van der Waals surface area contributed by atoms with Crippen LogP contribution in [0.1, 0.15) is 17.1 Å². The normalized spacial score (nSPS) is 11.0. The van der Waals surface area contributed by atoms with E-state index in [0.29, 0.717) is 11.5 Å². The van der Waals surface area contributed by atoms with Crippen LogP contribution < -0.4 is 0 Å². The fraction of sp³-hybridized carbons (Fsp3) is 0.154. The van der Waals surface area contributed by atoms with Crippen LogP contribution in [-0.4, -0.2) is 14.5 Å². The van der Waals surface area contributed by atoms with Gasteiger partial charge in [-0.2, -0.15) is 0 Å².